The molecule has 1 aliphatic heterocycles. The Bertz CT molecular complexity index is 842. The zero-order chi connectivity index (χ0) is 20.1. The van der Waals surface area contributed by atoms with E-state index in [-0.39, 0.29) is 24.5 Å². The third kappa shape index (κ3) is 4.71. The first kappa shape index (κ1) is 19.3. The Kier molecular flexibility index (Phi) is 5.71. The molecule has 2 amide bonds. The number of benzene rings is 1. The number of carbonyl (C=O) groups is 2. The van der Waals surface area contributed by atoms with Gasteiger partial charge in [0, 0.05) is 25.0 Å². The van der Waals surface area contributed by atoms with Crippen molar-refractivity contribution in [3.8, 4) is 0 Å². The van der Waals surface area contributed by atoms with Gasteiger partial charge in [-0.15, -0.1) is 0 Å². The van der Waals surface area contributed by atoms with Crippen molar-refractivity contribution in [2.45, 2.75) is 37.5 Å². The van der Waals surface area contributed by atoms with E-state index < -0.39 is 11.6 Å². The Hall–Kier alpha value is -3.00. The summed E-state index contributed by atoms with van der Waals surface area (Å²) in [6.45, 7) is 1.44. The molecule has 0 unspecified atom stereocenters. The third-order valence-corrected chi connectivity index (χ3v) is 5.44. The lowest BCUT2D eigenvalue weighted by molar-refractivity contribution is -0.127. The number of hydrogen-bond donors (Lipinski definition) is 3. The lowest BCUT2D eigenvalue weighted by Crippen LogP contribution is -2.56. The van der Waals surface area contributed by atoms with Gasteiger partial charge >= 0.3 is 6.09 Å². The van der Waals surface area contributed by atoms with Gasteiger partial charge in [-0.2, -0.15) is 0 Å². The fourth-order valence-corrected chi connectivity index (χ4v) is 3.63. The maximum Gasteiger partial charge on any atom is 0.407 e. The van der Waals surface area contributed by atoms with Crippen LogP contribution in [0, 0.1) is 5.92 Å². The van der Waals surface area contributed by atoms with Crippen LogP contribution in [0.25, 0.3) is 0 Å². The number of carbonyl (C=O) groups excluding carboxylic acids is 2. The van der Waals surface area contributed by atoms with Gasteiger partial charge in [0.1, 0.15) is 6.61 Å². The van der Waals surface area contributed by atoms with E-state index in [1.54, 1.807) is 18.5 Å². The number of piperidine rings is 1. The number of nitrogens with one attached hydrogen (secondary N) is 3. The predicted octanol–water partition coefficient (Wildman–Crippen LogP) is 1.49. The molecule has 1 saturated heterocycles. The average molecular weight is 395 g/mol. The van der Waals surface area contributed by atoms with E-state index in [9.17, 15) is 9.59 Å². The highest BCUT2D eigenvalue weighted by Gasteiger charge is 2.49. The van der Waals surface area contributed by atoms with Crippen LogP contribution in [0.5, 0.6) is 0 Å². The molecular weight excluding hydrogens is 370 g/mol. The van der Waals surface area contributed by atoms with Gasteiger partial charge in [0.15, 0.2) is 5.82 Å². The van der Waals surface area contributed by atoms with Crippen molar-refractivity contribution < 1.29 is 14.3 Å². The van der Waals surface area contributed by atoms with Crippen molar-refractivity contribution in [1.29, 1.82) is 0 Å². The first-order valence-corrected chi connectivity index (χ1v) is 9.94. The van der Waals surface area contributed by atoms with Gasteiger partial charge in [-0.25, -0.2) is 14.8 Å². The number of ether oxygens (including phenoxy) is 1. The highest BCUT2D eigenvalue weighted by molar-refractivity contribution is 5.82. The zero-order valence-electron chi connectivity index (χ0n) is 16.1. The van der Waals surface area contributed by atoms with E-state index in [4.69, 9.17) is 4.74 Å². The van der Waals surface area contributed by atoms with Crippen LogP contribution in [0.3, 0.4) is 0 Å². The van der Waals surface area contributed by atoms with E-state index in [0.717, 1.165) is 24.9 Å². The Morgan fingerprint density at radius 1 is 1.14 bits per heavy atom. The van der Waals surface area contributed by atoms with E-state index in [1.807, 2.05) is 30.3 Å². The number of amides is 2. The molecule has 4 rings (SSSR count). The Labute approximate surface area is 169 Å². The second kappa shape index (κ2) is 8.57. The number of aromatic nitrogens is 2. The normalized spacial score (nSPS) is 22.3. The molecule has 0 bridgehead atoms. The van der Waals surface area contributed by atoms with Crippen LogP contribution in [0.2, 0.25) is 0 Å². The number of rotatable bonds is 6. The summed E-state index contributed by atoms with van der Waals surface area (Å²) in [5.74, 6) is 0.161. The Balaban J connectivity index is 1.34. The van der Waals surface area contributed by atoms with E-state index in [1.165, 1.54) is 0 Å². The van der Waals surface area contributed by atoms with Crippen molar-refractivity contribution in [1.82, 2.24) is 25.9 Å². The fraction of sp³-hybridized carbons (Fsp3) is 0.429. The standard InChI is InChI=1S/C21H25N5O3/c27-18(26-21(8-9-21)19-23-10-4-11-24-19)16-13-22-12-7-17(16)25-20(28)29-14-15-5-2-1-3-6-15/h1-6,10-11,16-17,22H,7-9,12-14H2,(H,25,28)(H,26,27)/t16-,17-/m0/s1. The summed E-state index contributed by atoms with van der Waals surface area (Å²) in [6.07, 6.45) is 5.16. The molecule has 0 spiro atoms. The molecule has 1 aliphatic carbocycles. The summed E-state index contributed by atoms with van der Waals surface area (Å²) in [5.41, 5.74) is 0.439. The first-order valence-electron chi connectivity index (χ1n) is 9.94. The monoisotopic (exact) mass is 395 g/mol. The summed E-state index contributed by atoms with van der Waals surface area (Å²) < 4.78 is 5.32. The fourth-order valence-electron chi connectivity index (χ4n) is 3.63. The van der Waals surface area contributed by atoms with Crippen molar-refractivity contribution in [2.24, 2.45) is 5.92 Å². The quantitative estimate of drug-likeness (QED) is 0.684. The first-order chi connectivity index (χ1) is 14.2. The van der Waals surface area contributed by atoms with Crippen LogP contribution >= 0.6 is 0 Å². The molecule has 1 aromatic heterocycles. The Morgan fingerprint density at radius 2 is 1.90 bits per heavy atom. The molecule has 2 atom stereocenters. The average Bonchev–Trinajstić information content (AvgIpc) is 3.54. The topological polar surface area (TPSA) is 105 Å². The van der Waals surface area contributed by atoms with Gasteiger partial charge in [-0.05, 0) is 37.4 Å². The lowest BCUT2D eigenvalue weighted by atomic mass is 9.92. The third-order valence-electron chi connectivity index (χ3n) is 5.44. The van der Waals surface area contributed by atoms with Gasteiger partial charge in [-0.1, -0.05) is 30.3 Å². The molecular formula is C21H25N5O3. The second-order valence-corrected chi connectivity index (χ2v) is 7.56. The highest BCUT2D eigenvalue weighted by Crippen LogP contribution is 2.43. The van der Waals surface area contributed by atoms with Crippen LogP contribution in [0.4, 0.5) is 4.79 Å². The second-order valence-electron chi connectivity index (χ2n) is 7.56. The molecule has 1 aromatic carbocycles. The van der Waals surface area contributed by atoms with Crippen LogP contribution in [0.1, 0.15) is 30.7 Å². The van der Waals surface area contributed by atoms with Gasteiger partial charge in [0.2, 0.25) is 5.91 Å². The smallest absolute Gasteiger partial charge is 0.407 e. The summed E-state index contributed by atoms with van der Waals surface area (Å²) in [6, 6.07) is 11.0. The summed E-state index contributed by atoms with van der Waals surface area (Å²) in [7, 11) is 0. The molecule has 0 radical (unpaired) electrons. The molecule has 8 nitrogen and oxygen atoms in total. The van der Waals surface area contributed by atoms with E-state index in [0.29, 0.717) is 18.8 Å². The molecule has 2 heterocycles. The summed E-state index contributed by atoms with van der Waals surface area (Å²) >= 11 is 0. The molecule has 8 heteroatoms. The van der Waals surface area contributed by atoms with Crippen molar-refractivity contribution in [3.63, 3.8) is 0 Å². The van der Waals surface area contributed by atoms with Gasteiger partial charge in [0.25, 0.3) is 0 Å². The lowest BCUT2D eigenvalue weighted by Gasteiger charge is -2.32. The van der Waals surface area contributed by atoms with Gasteiger partial charge in [0.05, 0.1) is 11.5 Å². The summed E-state index contributed by atoms with van der Waals surface area (Å²) in [5, 5.41) is 9.23. The minimum atomic E-state index is -0.508. The van der Waals surface area contributed by atoms with Crippen LogP contribution in [-0.2, 0) is 21.7 Å². The van der Waals surface area contributed by atoms with Crippen LogP contribution in [0.15, 0.2) is 48.8 Å². The Morgan fingerprint density at radius 3 is 2.62 bits per heavy atom. The van der Waals surface area contributed by atoms with E-state index >= 15 is 0 Å². The number of alkyl carbamates (subject to hydrolysis) is 1. The SMILES string of the molecule is O=C(N[C@H]1CCNC[C@@H]1C(=O)NC1(c2ncccn2)CC1)OCc1ccccc1. The van der Waals surface area contributed by atoms with Crippen molar-refractivity contribution >= 4 is 12.0 Å². The molecule has 2 aromatic rings. The zero-order valence-corrected chi connectivity index (χ0v) is 16.1. The molecule has 2 fully saturated rings. The maximum absolute atomic E-state index is 13.0. The number of hydrogen-bond acceptors (Lipinski definition) is 6. The van der Waals surface area contributed by atoms with Gasteiger partial charge in [-0.3, -0.25) is 4.79 Å². The predicted molar refractivity (Wildman–Crippen MR) is 106 cm³/mol. The van der Waals surface area contributed by atoms with Crippen LogP contribution in [-0.4, -0.2) is 41.1 Å². The molecule has 3 N–H and O–H groups in total. The highest BCUT2D eigenvalue weighted by atomic mass is 16.5. The molecule has 1 saturated carbocycles. The van der Waals surface area contributed by atoms with Crippen LogP contribution < -0.4 is 16.0 Å². The van der Waals surface area contributed by atoms with E-state index in [2.05, 4.69) is 25.9 Å². The van der Waals surface area contributed by atoms with Crippen molar-refractivity contribution in [3.05, 3.63) is 60.2 Å². The minimum absolute atomic E-state index is 0.101. The number of nitrogens with zero attached hydrogens (tertiary/aromatic N) is 2. The molecule has 29 heavy (non-hydrogen) atoms. The largest absolute Gasteiger partial charge is 0.445 e. The summed E-state index contributed by atoms with van der Waals surface area (Å²) in [4.78, 5) is 33.9. The maximum atomic E-state index is 13.0. The molecule has 2 aliphatic rings. The van der Waals surface area contributed by atoms with Gasteiger partial charge < -0.3 is 20.7 Å². The van der Waals surface area contributed by atoms with Crippen molar-refractivity contribution in [2.75, 3.05) is 13.1 Å². The minimum Gasteiger partial charge on any atom is -0.445 e. The molecule has 152 valence electrons.